The van der Waals surface area contributed by atoms with Gasteiger partial charge in [-0.2, -0.15) is 0 Å². The van der Waals surface area contributed by atoms with E-state index >= 15 is 0 Å². The van der Waals surface area contributed by atoms with Crippen LogP contribution >= 0.6 is 0 Å². The fourth-order valence-corrected chi connectivity index (χ4v) is 11.7. The van der Waals surface area contributed by atoms with Gasteiger partial charge in [0, 0.05) is 12.8 Å². The molecule has 554 valence electrons. The van der Waals surface area contributed by atoms with Crippen molar-refractivity contribution in [3.05, 3.63) is 109 Å². The second kappa shape index (κ2) is 76.7. The molecule has 0 bridgehead atoms. The molecule has 0 rings (SSSR count). The summed E-state index contributed by atoms with van der Waals surface area (Å²) in [4.78, 5) is 37.6. The molecular weight excluding hydrogens is 1190 g/mol. The van der Waals surface area contributed by atoms with Gasteiger partial charge in [-0.15, -0.1) is 0 Å². The van der Waals surface area contributed by atoms with E-state index in [2.05, 4.69) is 123 Å². The quantitative estimate of drug-likeness (QED) is 0.0195. The molecule has 2 unspecified atom stereocenters. The standard InChI is InChI=1S/C87H153NO8/c1-6-8-10-12-14-16-18-20-22-24-26-28-30-32-34-36-38-40-41-42-43-44-46-47-49-51-53-55-57-59-61-63-65-67-69-71-73-75-77-84(89)94-81-83(82-95-87(86(91)92)93-80-79-88(3,4)5)96-85(90)78-76-74-72-70-68-66-64-62-60-58-56-54-52-50-48-45-39-37-35-33-31-29-27-25-23-21-19-17-15-13-11-9-7-2/h9,11,15,17,21,23,27,29,33,35,39,45,50,52,56,58,62,64,83,87H,6-8,10,12-14,16,18-20,22,24-26,28,30-32,34,36-38,40-44,46-49,51,53-55,57,59-61,63,65-82H2,1-5H3/b11-9-,17-15-,23-21-,29-27-,35-33-,45-39-,52-50-,58-56-,64-62-. The highest BCUT2D eigenvalue weighted by Gasteiger charge is 2.22. The number of hydrogen-bond acceptors (Lipinski definition) is 8. The first-order chi connectivity index (χ1) is 47.1. The van der Waals surface area contributed by atoms with Gasteiger partial charge >= 0.3 is 11.9 Å². The predicted molar refractivity (Wildman–Crippen MR) is 412 cm³/mol. The third kappa shape index (κ3) is 77.3. The first-order valence-corrected chi connectivity index (χ1v) is 40.5. The summed E-state index contributed by atoms with van der Waals surface area (Å²) in [7, 11) is 5.93. The summed E-state index contributed by atoms with van der Waals surface area (Å²) < 4.78 is 22.8. The first-order valence-electron chi connectivity index (χ1n) is 40.5. The molecule has 0 spiro atoms. The summed E-state index contributed by atoms with van der Waals surface area (Å²) in [5, 5.41) is 11.9. The Balaban J connectivity index is 4.05. The average molecular weight is 1340 g/mol. The van der Waals surface area contributed by atoms with Gasteiger partial charge in [0.05, 0.1) is 40.3 Å². The van der Waals surface area contributed by atoms with Gasteiger partial charge in [-0.3, -0.25) is 9.59 Å². The Hall–Kier alpha value is -4.05. The summed E-state index contributed by atoms with van der Waals surface area (Å²) in [6.45, 7) is 4.65. The summed E-state index contributed by atoms with van der Waals surface area (Å²) in [5.41, 5.74) is 0. The summed E-state index contributed by atoms with van der Waals surface area (Å²) in [6.07, 6.45) is 105. The third-order valence-electron chi connectivity index (χ3n) is 17.8. The van der Waals surface area contributed by atoms with Gasteiger partial charge < -0.3 is 33.3 Å². The predicted octanol–water partition coefficient (Wildman–Crippen LogP) is 24.8. The molecule has 0 aliphatic rings. The van der Waals surface area contributed by atoms with E-state index in [1.165, 1.54) is 225 Å². The van der Waals surface area contributed by atoms with Crippen LogP contribution in [0.2, 0.25) is 0 Å². The number of ether oxygens (including phenoxy) is 4. The lowest BCUT2D eigenvalue weighted by Gasteiger charge is -2.26. The Morgan fingerprint density at radius 2 is 0.594 bits per heavy atom. The number of hydrogen-bond donors (Lipinski definition) is 0. The van der Waals surface area contributed by atoms with Gasteiger partial charge in [-0.05, 0) is 83.5 Å². The van der Waals surface area contributed by atoms with Gasteiger partial charge in [0.25, 0.3) is 0 Å². The summed E-state index contributed by atoms with van der Waals surface area (Å²) in [6, 6.07) is 0. The van der Waals surface area contributed by atoms with Crippen LogP contribution in [-0.4, -0.2) is 82.3 Å². The number of carbonyl (C=O) groups is 3. The molecule has 0 heterocycles. The van der Waals surface area contributed by atoms with E-state index in [1.807, 2.05) is 21.1 Å². The average Bonchev–Trinajstić information content (AvgIpc) is 2.40. The fraction of sp³-hybridized carbons (Fsp3) is 0.759. The second-order valence-corrected chi connectivity index (χ2v) is 28.3. The van der Waals surface area contributed by atoms with E-state index in [9.17, 15) is 19.5 Å². The highest BCUT2D eigenvalue weighted by atomic mass is 16.7. The van der Waals surface area contributed by atoms with Gasteiger partial charge in [0.2, 0.25) is 0 Å². The van der Waals surface area contributed by atoms with Gasteiger partial charge in [0.15, 0.2) is 12.4 Å². The molecule has 2 atom stereocenters. The molecule has 0 aliphatic carbocycles. The van der Waals surface area contributed by atoms with Crippen molar-refractivity contribution in [2.24, 2.45) is 0 Å². The van der Waals surface area contributed by atoms with Crippen molar-refractivity contribution in [3.63, 3.8) is 0 Å². The molecule has 0 aromatic heterocycles. The van der Waals surface area contributed by atoms with E-state index in [0.29, 0.717) is 17.4 Å². The smallest absolute Gasteiger partial charge is 0.306 e. The SMILES string of the molecule is CC/C=C\C/C=C\C/C=C\C/C=C\C/C=C\C/C=C\C/C=C\C/C=C\C/C=C\CCCCCCCC(=O)OC(COC(=O)CCCCCCCCCCCCCCCCCCCCCCCCCCCCCCCCCCCCCCCC)COC(OCC[N+](C)(C)C)C(=O)[O-]. The van der Waals surface area contributed by atoms with E-state index in [1.54, 1.807) is 0 Å². The summed E-state index contributed by atoms with van der Waals surface area (Å²) >= 11 is 0. The van der Waals surface area contributed by atoms with Crippen LogP contribution in [0.25, 0.3) is 0 Å². The van der Waals surface area contributed by atoms with Crippen LogP contribution in [0, 0.1) is 0 Å². The molecule has 0 radical (unpaired) electrons. The molecule has 0 fully saturated rings. The maximum absolute atomic E-state index is 13.0. The minimum Gasteiger partial charge on any atom is -0.545 e. The largest absolute Gasteiger partial charge is 0.545 e. The number of carboxylic acids is 1. The van der Waals surface area contributed by atoms with Crippen LogP contribution in [0.1, 0.15) is 367 Å². The monoisotopic (exact) mass is 1340 g/mol. The van der Waals surface area contributed by atoms with Crippen molar-refractivity contribution in [3.8, 4) is 0 Å². The number of allylic oxidation sites excluding steroid dienone is 18. The van der Waals surface area contributed by atoms with E-state index in [0.717, 1.165) is 109 Å². The minimum absolute atomic E-state index is 0.140. The van der Waals surface area contributed by atoms with Crippen molar-refractivity contribution in [2.75, 3.05) is 47.5 Å². The van der Waals surface area contributed by atoms with Gasteiger partial charge in [-0.1, -0.05) is 380 Å². The maximum atomic E-state index is 13.0. The molecule has 0 N–H and O–H groups in total. The normalized spacial score (nSPS) is 13.2. The molecule has 96 heavy (non-hydrogen) atoms. The molecule has 0 amide bonds. The molecule has 9 heteroatoms. The minimum atomic E-state index is -1.63. The van der Waals surface area contributed by atoms with Crippen LogP contribution < -0.4 is 5.11 Å². The number of rotatable bonds is 75. The van der Waals surface area contributed by atoms with Crippen LogP contribution in [0.4, 0.5) is 0 Å². The number of esters is 2. The van der Waals surface area contributed by atoms with Crippen molar-refractivity contribution >= 4 is 17.9 Å². The Morgan fingerprint density at radius 1 is 0.323 bits per heavy atom. The number of likely N-dealkylation sites (N-methyl/N-ethyl adjacent to an activating group) is 1. The molecule has 0 aromatic rings. The fourth-order valence-electron chi connectivity index (χ4n) is 11.7. The van der Waals surface area contributed by atoms with Crippen molar-refractivity contribution in [2.45, 2.75) is 379 Å². The topological polar surface area (TPSA) is 111 Å². The van der Waals surface area contributed by atoms with Crippen molar-refractivity contribution < 1.29 is 42.9 Å². The van der Waals surface area contributed by atoms with Crippen LogP contribution in [-0.2, 0) is 33.3 Å². The van der Waals surface area contributed by atoms with Crippen molar-refractivity contribution in [1.82, 2.24) is 0 Å². The van der Waals surface area contributed by atoms with E-state index < -0.39 is 24.3 Å². The number of aliphatic carboxylic acids is 1. The number of quaternary nitrogens is 1. The molecular formula is C87H153NO8. The number of carbonyl (C=O) groups excluding carboxylic acids is 3. The zero-order valence-corrected chi connectivity index (χ0v) is 63.5. The van der Waals surface area contributed by atoms with E-state index in [4.69, 9.17) is 18.9 Å². The van der Waals surface area contributed by atoms with Gasteiger partial charge in [-0.25, -0.2) is 0 Å². The molecule has 9 nitrogen and oxygen atoms in total. The summed E-state index contributed by atoms with van der Waals surface area (Å²) in [5.74, 6) is -2.30. The lowest BCUT2D eigenvalue weighted by atomic mass is 10.0. The Morgan fingerprint density at radius 3 is 0.885 bits per heavy atom. The van der Waals surface area contributed by atoms with E-state index in [-0.39, 0.29) is 38.6 Å². The third-order valence-corrected chi connectivity index (χ3v) is 17.8. The highest BCUT2D eigenvalue weighted by molar-refractivity contribution is 5.70. The van der Waals surface area contributed by atoms with Crippen molar-refractivity contribution in [1.29, 1.82) is 0 Å². The first kappa shape index (κ1) is 92.0. The highest BCUT2D eigenvalue weighted by Crippen LogP contribution is 2.19. The molecule has 0 saturated heterocycles. The Kier molecular flexibility index (Phi) is 73.5. The maximum Gasteiger partial charge on any atom is 0.306 e. The number of unbranched alkanes of at least 4 members (excludes halogenated alkanes) is 42. The zero-order valence-electron chi connectivity index (χ0n) is 63.5. The molecule has 0 saturated carbocycles. The molecule has 0 aromatic carbocycles. The van der Waals surface area contributed by atoms with Crippen LogP contribution in [0.3, 0.4) is 0 Å². The Labute approximate surface area is 594 Å². The second-order valence-electron chi connectivity index (χ2n) is 28.3. The van der Waals surface area contributed by atoms with Gasteiger partial charge in [0.1, 0.15) is 13.2 Å². The van der Waals surface area contributed by atoms with Crippen LogP contribution in [0.15, 0.2) is 109 Å². The number of nitrogens with zero attached hydrogens (tertiary/aromatic N) is 1. The zero-order chi connectivity index (χ0) is 69.7. The number of carboxylic acid groups (broad SMARTS) is 1. The Bertz CT molecular complexity index is 1950. The lowest BCUT2D eigenvalue weighted by Crippen LogP contribution is -2.44. The molecule has 0 aliphatic heterocycles. The lowest BCUT2D eigenvalue weighted by molar-refractivity contribution is -0.870. The van der Waals surface area contributed by atoms with Crippen LogP contribution in [0.5, 0.6) is 0 Å².